The second-order valence-electron chi connectivity index (χ2n) is 7.48. The van der Waals surface area contributed by atoms with Crippen molar-refractivity contribution in [3.8, 4) is 0 Å². The van der Waals surface area contributed by atoms with Crippen LogP contribution in [0.25, 0.3) is 0 Å². The van der Waals surface area contributed by atoms with E-state index >= 15 is 0 Å². The molecule has 1 aliphatic rings. The first-order valence-corrected chi connectivity index (χ1v) is 9.43. The van der Waals surface area contributed by atoms with Crippen molar-refractivity contribution in [3.05, 3.63) is 52.2 Å². The van der Waals surface area contributed by atoms with Crippen LogP contribution in [0, 0.1) is 5.21 Å². The Morgan fingerprint density at radius 3 is 1.97 bits per heavy atom. The molecule has 0 spiro atoms. The van der Waals surface area contributed by atoms with Crippen molar-refractivity contribution in [1.29, 1.82) is 0 Å². The Kier molecular flexibility index (Phi) is 6.09. The Morgan fingerprint density at radius 1 is 0.931 bits per heavy atom. The standard InChI is InChI=1S/C20H26N6O3/c1-24(2)10-7-21-13-5-6-14(22-8-11-25(3)4)16-15(13)19(27)17-18(20(16)28)26(29)12-9-23-17/h5-6,9,12,21-22H,7-8,10-11H2,1-4H3. The molecule has 0 bridgehead atoms. The Bertz CT molecular complexity index is 942. The Hall–Kier alpha value is -3.04. The van der Waals surface area contributed by atoms with E-state index in [0.29, 0.717) is 29.2 Å². The molecule has 154 valence electrons. The lowest BCUT2D eigenvalue weighted by Gasteiger charge is -2.23. The van der Waals surface area contributed by atoms with E-state index in [1.54, 1.807) is 12.1 Å². The number of nitrogens with zero attached hydrogens (tertiary/aromatic N) is 4. The molecule has 0 aliphatic heterocycles. The van der Waals surface area contributed by atoms with Crippen LogP contribution in [0.2, 0.25) is 0 Å². The van der Waals surface area contributed by atoms with E-state index in [-0.39, 0.29) is 22.5 Å². The average molecular weight is 398 g/mol. The van der Waals surface area contributed by atoms with Gasteiger partial charge in [0, 0.05) is 37.6 Å². The normalized spacial score (nSPS) is 12.9. The van der Waals surface area contributed by atoms with E-state index in [2.05, 4.69) is 15.6 Å². The van der Waals surface area contributed by atoms with E-state index in [9.17, 15) is 14.8 Å². The molecule has 1 heterocycles. The number of likely N-dealkylation sites (N-methyl/N-ethyl adjacent to an activating group) is 2. The zero-order chi connectivity index (χ0) is 21.1. The van der Waals surface area contributed by atoms with Gasteiger partial charge in [0.15, 0.2) is 11.9 Å². The second-order valence-corrected chi connectivity index (χ2v) is 7.48. The monoisotopic (exact) mass is 398 g/mol. The summed E-state index contributed by atoms with van der Waals surface area (Å²) in [6, 6.07) is 3.56. The fourth-order valence-electron chi connectivity index (χ4n) is 3.22. The first-order valence-electron chi connectivity index (χ1n) is 9.43. The molecule has 29 heavy (non-hydrogen) atoms. The fourth-order valence-corrected chi connectivity index (χ4v) is 3.22. The fraction of sp³-hybridized carbons (Fsp3) is 0.400. The first kappa shape index (κ1) is 20.7. The van der Waals surface area contributed by atoms with E-state index in [4.69, 9.17) is 0 Å². The molecule has 0 unspecified atom stereocenters. The van der Waals surface area contributed by atoms with Crippen molar-refractivity contribution in [2.75, 3.05) is 65.0 Å². The molecule has 1 aromatic heterocycles. The predicted octanol–water partition coefficient (Wildman–Crippen LogP) is 0.437. The van der Waals surface area contributed by atoms with Gasteiger partial charge in [0.2, 0.25) is 5.78 Å². The lowest BCUT2D eigenvalue weighted by Crippen LogP contribution is -2.41. The van der Waals surface area contributed by atoms with Crippen LogP contribution in [-0.4, -0.2) is 80.7 Å². The minimum Gasteiger partial charge on any atom is -0.618 e. The summed E-state index contributed by atoms with van der Waals surface area (Å²) in [5.41, 5.74) is 1.23. The number of rotatable bonds is 8. The summed E-state index contributed by atoms with van der Waals surface area (Å²) < 4.78 is 0.418. The van der Waals surface area contributed by atoms with E-state index in [1.165, 1.54) is 6.20 Å². The van der Waals surface area contributed by atoms with Crippen molar-refractivity contribution >= 4 is 22.9 Å². The van der Waals surface area contributed by atoms with Gasteiger partial charge in [-0.3, -0.25) is 9.59 Å². The zero-order valence-corrected chi connectivity index (χ0v) is 17.2. The highest BCUT2D eigenvalue weighted by Gasteiger charge is 2.40. The Morgan fingerprint density at radius 2 is 1.45 bits per heavy atom. The van der Waals surface area contributed by atoms with E-state index < -0.39 is 11.6 Å². The number of carbonyl (C=O) groups excluding carboxylic acids is 2. The summed E-state index contributed by atoms with van der Waals surface area (Å²) in [5, 5.41) is 18.7. The number of aromatic nitrogens is 2. The van der Waals surface area contributed by atoms with Crippen molar-refractivity contribution in [1.82, 2.24) is 14.8 Å². The van der Waals surface area contributed by atoms with E-state index in [0.717, 1.165) is 19.3 Å². The Balaban J connectivity index is 2.06. The minimum atomic E-state index is -0.499. The quantitative estimate of drug-likeness (QED) is 0.416. The van der Waals surface area contributed by atoms with Gasteiger partial charge in [-0.2, -0.15) is 4.73 Å². The molecule has 9 nitrogen and oxygen atoms in total. The van der Waals surface area contributed by atoms with Crippen LogP contribution in [-0.2, 0) is 0 Å². The van der Waals surface area contributed by atoms with Crippen LogP contribution < -0.4 is 15.4 Å². The number of anilines is 2. The van der Waals surface area contributed by atoms with Gasteiger partial charge in [-0.1, -0.05) is 0 Å². The molecule has 0 saturated carbocycles. The summed E-state index contributed by atoms with van der Waals surface area (Å²) in [6.45, 7) is 2.70. The maximum absolute atomic E-state index is 13.2. The third kappa shape index (κ3) is 4.20. The predicted molar refractivity (Wildman–Crippen MR) is 111 cm³/mol. The van der Waals surface area contributed by atoms with Gasteiger partial charge in [-0.25, -0.2) is 4.98 Å². The summed E-state index contributed by atoms with van der Waals surface area (Å²) in [4.78, 5) is 34.5. The van der Waals surface area contributed by atoms with Crippen molar-refractivity contribution in [2.24, 2.45) is 0 Å². The molecule has 0 radical (unpaired) electrons. The lowest BCUT2D eigenvalue weighted by atomic mass is 9.87. The highest BCUT2D eigenvalue weighted by Crippen LogP contribution is 2.34. The van der Waals surface area contributed by atoms with Crippen LogP contribution in [0.3, 0.4) is 0 Å². The van der Waals surface area contributed by atoms with E-state index in [1.807, 2.05) is 38.0 Å². The molecule has 0 amide bonds. The average Bonchev–Trinajstić information content (AvgIpc) is 2.66. The maximum atomic E-state index is 13.2. The summed E-state index contributed by atoms with van der Waals surface area (Å²) in [5.74, 6) is -0.926. The van der Waals surface area contributed by atoms with Crippen LogP contribution in [0.1, 0.15) is 32.1 Å². The highest BCUT2D eigenvalue weighted by molar-refractivity contribution is 6.30. The van der Waals surface area contributed by atoms with Crippen LogP contribution in [0.4, 0.5) is 11.4 Å². The molecule has 0 saturated heterocycles. The van der Waals surface area contributed by atoms with Crippen molar-refractivity contribution in [3.63, 3.8) is 0 Å². The number of ketones is 2. The third-order valence-corrected chi connectivity index (χ3v) is 4.69. The third-order valence-electron chi connectivity index (χ3n) is 4.69. The van der Waals surface area contributed by atoms with Crippen molar-refractivity contribution in [2.45, 2.75) is 0 Å². The zero-order valence-electron chi connectivity index (χ0n) is 17.2. The van der Waals surface area contributed by atoms with Gasteiger partial charge in [0.25, 0.3) is 11.5 Å². The van der Waals surface area contributed by atoms with Crippen molar-refractivity contribution < 1.29 is 14.3 Å². The number of hydrogen-bond acceptors (Lipinski definition) is 8. The molecule has 1 aromatic carbocycles. The first-order chi connectivity index (χ1) is 13.8. The number of fused-ring (bicyclic) bond motifs is 2. The van der Waals surface area contributed by atoms with Gasteiger partial charge in [-0.05, 0) is 40.3 Å². The highest BCUT2D eigenvalue weighted by atomic mass is 16.5. The Labute approximate surface area is 169 Å². The van der Waals surface area contributed by atoms with Gasteiger partial charge in [0.05, 0.1) is 17.3 Å². The largest absolute Gasteiger partial charge is 0.618 e. The van der Waals surface area contributed by atoms with Gasteiger partial charge in [-0.15, -0.1) is 0 Å². The topological polar surface area (TPSA) is 105 Å². The molecule has 3 rings (SSSR count). The van der Waals surface area contributed by atoms with Crippen LogP contribution in [0.5, 0.6) is 0 Å². The molecule has 9 heteroatoms. The number of carbonyl (C=O) groups is 2. The smallest absolute Gasteiger partial charge is 0.295 e. The lowest BCUT2D eigenvalue weighted by molar-refractivity contribution is -0.608. The number of hydrogen-bond donors (Lipinski definition) is 2. The van der Waals surface area contributed by atoms with Crippen LogP contribution >= 0.6 is 0 Å². The van der Waals surface area contributed by atoms with Gasteiger partial charge in [0.1, 0.15) is 0 Å². The molecular weight excluding hydrogens is 372 g/mol. The molecule has 1 aliphatic carbocycles. The molecule has 0 atom stereocenters. The summed E-state index contributed by atoms with van der Waals surface area (Å²) in [6.07, 6.45) is 2.37. The van der Waals surface area contributed by atoms with Gasteiger partial charge >= 0.3 is 0 Å². The number of nitrogens with one attached hydrogen (secondary N) is 2. The molecule has 0 fully saturated rings. The molecular formula is C20H26N6O3. The van der Waals surface area contributed by atoms with Crippen LogP contribution in [0.15, 0.2) is 24.5 Å². The molecule has 2 aromatic rings. The van der Waals surface area contributed by atoms with Gasteiger partial charge < -0.3 is 25.6 Å². The number of benzene rings is 1. The SMILES string of the molecule is CN(C)CCNc1ccc(NCCN(C)C)c2c1C(=O)c1ncc[n+]([O-])c1C2=O. The maximum Gasteiger partial charge on any atom is 0.295 e. The minimum absolute atomic E-state index is 0.110. The summed E-state index contributed by atoms with van der Waals surface area (Å²) >= 11 is 0. The molecule has 2 N–H and O–H groups in total. The second kappa shape index (κ2) is 8.54. The summed E-state index contributed by atoms with van der Waals surface area (Å²) in [7, 11) is 7.81.